The van der Waals surface area contributed by atoms with Crippen molar-refractivity contribution >= 4 is 11.4 Å². The average Bonchev–Trinajstić information content (AvgIpc) is 2.71. The third kappa shape index (κ3) is 10.2. The second-order valence-electron chi connectivity index (χ2n) is 9.51. The second-order valence-corrected chi connectivity index (χ2v) is 9.51. The summed E-state index contributed by atoms with van der Waals surface area (Å²) in [6.45, 7) is 23.7. The Balaban J connectivity index is 4.83. The standard InChI is InChI=1S/C22H48N6O2/c1-10-22(9,11-2)25-14-17-28(15-12-23-20(5,6)18(3)26-29)16-13-24-21(7,8)19(4)27-30/h23-25,29-30H,10-17H2,1-9H3/b26-18-,27-19-. The fourth-order valence-electron chi connectivity index (χ4n) is 2.91. The molecule has 0 bridgehead atoms. The SMILES string of the molecule is CCC(C)(CC)NCCN(CCNC(C)(C)/C(C)=N\O)CCNC(C)(C)/C(C)=N\O. The number of rotatable bonds is 16. The summed E-state index contributed by atoms with van der Waals surface area (Å²) in [7, 11) is 0. The van der Waals surface area contributed by atoms with E-state index < -0.39 is 0 Å². The van der Waals surface area contributed by atoms with E-state index in [1.165, 1.54) is 0 Å². The minimum atomic E-state index is -0.351. The van der Waals surface area contributed by atoms with Gasteiger partial charge in [0.05, 0.1) is 22.5 Å². The Morgan fingerprint density at radius 1 is 0.700 bits per heavy atom. The summed E-state index contributed by atoms with van der Waals surface area (Å²) in [6.07, 6.45) is 2.21. The van der Waals surface area contributed by atoms with E-state index in [1.807, 2.05) is 41.5 Å². The molecular formula is C22H48N6O2. The highest BCUT2D eigenvalue weighted by Crippen LogP contribution is 2.13. The molecule has 0 rings (SSSR count). The molecule has 8 nitrogen and oxygen atoms in total. The van der Waals surface area contributed by atoms with Gasteiger partial charge in [-0.3, -0.25) is 4.90 Å². The highest BCUT2D eigenvalue weighted by Gasteiger charge is 2.23. The molecular weight excluding hydrogens is 380 g/mol. The quantitative estimate of drug-likeness (QED) is 0.147. The normalized spacial score (nSPS) is 14.6. The predicted molar refractivity (Wildman–Crippen MR) is 127 cm³/mol. The lowest BCUT2D eigenvalue weighted by Gasteiger charge is -2.32. The number of hydrogen-bond acceptors (Lipinski definition) is 8. The molecule has 0 radical (unpaired) electrons. The van der Waals surface area contributed by atoms with Gasteiger partial charge in [0.25, 0.3) is 0 Å². The monoisotopic (exact) mass is 428 g/mol. The van der Waals surface area contributed by atoms with Crippen molar-refractivity contribution in [2.75, 3.05) is 39.3 Å². The van der Waals surface area contributed by atoms with Gasteiger partial charge >= 0.3 is 0 Å². The summed E-state index contributed by atoms with van der Waals surface area (Å²) in [5.41, 5.74) is 0.807. The van der Waals surface area contributed by atoms with E-state index in [0.717, 1.165) is 52.1 Å². The van der Waals surface area contributed by atoms with Crippen LogP contribution in [0.15, 0.2) is 10.3 Å². The Kier molecular flexibility index (Phi) is 12.7. The maximum Gasteiger partial charge on any atom is 0.0734 e. The molecule has 178 valence electrons. The Morgan fingerprint density at radius 2 is 1.03 bits per heavy atom. The van der Waals surface area contributed by atoms with Crippen LogP contribution in [0.5, 0.6) is 0 Å². The number of oxime groups is 2. The van der Waals surface area contributed by atoms with E-state index in [9.17, 15) is 0 Å². The van der Waals surface area contributed by atoms with Crippen molar-refractivity contribution in [3.8, 4) is 0 Å². The molecule has 0 saturated heterocycles. The molecule has 0 fully saturated rings. The molecule has 0 aromatic rings. The smallest absolute Gasteiger partial charge is 0.0734 e. The number of nitrogens with zero attached hydrogens (tertiary/aromatic N) is 3. The minimum Gasteiger partial charge on any atom is -0.411 e. The van der Waals surface area contributed by atoms with Crippen LogP contribution in [0, 0.1) is 0 Å². The molecule has 0 saturated carbocycles. The lowest BCUT2D eigenvalue weighted by Crippen LogP contribution is -2.52. The van der Waals surface area contributed by atoms with Gasteiger partial charge in [0.2, 0.25) is 0 Å². The molecule has 0 spiro atoms. The third-order valence-corrected chi connectivity index (χ3v) is 6.64. The van der Waals surface area contributed by atoms with Gasteiger partial charge in [-0.2, -0.15) is 0 Å². The zero-order valence-corrected chi connectivity index (χ0v) is 20.9. The van der Waals surface area contributed by atoms with Crippen LogP contribution in [0.2, 0.25) is 0 Å². The van der Waals surface area contributed by atoms with Gasteiger partial charge < -0.3 is 26.4 Å². The molecule has 0 aromatic heterocycles. The fourth-order valence-corrected chi connectivity index (χ4v) is 2.91. The van der Waals surface area contributed by atoms with Gasteiger partial charge in [-0.1, -0.05) is 24.2 Å². The number of hydrogen-bond donors (Lipinski definition) is 5. The Hall–Kier alpha value is -1.22. The molecule has 0 unspecified atom stereocenters. The van der Waals surface area contributed by atoms with Crippen molar-refractivity contribution in [1.29, 1.82) is 0 Å². The van der Waals surface area contributed by atoms with Gasteiger partial charge in [0.15, 0.2) is 0 Å². The van der Waals surface area contributed by atoms with E-state index in [2.05, 4.69) is 51.9 Å². The molecule has 0 aromatic carbocycles. The molecule has 0 heterocycles. The molecule has 30 heavy (non-hydrogen) atoms. The van der Waals surface area contributed by atoms with Crippen molar-refractivity contribution in [1.82, 2.24) is 20.9 Å². The molecule has 0 amide bonds. The van der Waals surface area contributed by atoms with Crippen LogP contribution in [0.1, 0.15) is 75.2 Å². The van der Waals surface area contributed by atoms with Crippen LogP contribution < -0.4 is 16.0 Å². The molecule has 5 N–H and O–H groups in total. The van der Waals surface area contributed by atoms with E-state index in [1.54, 1.807) is 0 Å². The van der Waals surface area contributed by atoms with Crippen LogP contribution in [0.3, 0.4) is 0 Å². The van der Waals surface area contributed by atoms with Crippen LogP contribution in [-0.2, 0) is 0 Å². The largest absolute Gasteiger partial charge is 0.411 e. The lowest BCUT2D eigenvalue weighted by atomic mass is 9.96. The summed E-state index contributed by atoms with van der Waals surface area (Å²) in [4.78, 5) is 2.42. The lowest BCUT2D eigenvalue weighted by molar-refractivity contribution is 0.239. The van der Waals surface area contributed by atoms with E-state index in [4.69, 9.17) is 10.4 Å². The first kappa shape index (κ1) is 28.8. The Bertz CT molecular complexity index is 506. The van der Waals surface area contributed by atoms with Gasteiger partial charge in [0, 0.05) is 44.8 Å². The van der Waals surface area contributed by atoms with Crippen LogP contribution in [0.4, 0.5) is 0 Å². The first-order valence-corrected chi connectivity index (χ1v) is 11.2. The molecule has 0 atom stereocenters. The van der Waals surface area contributed by atoms with Crippen LogP contribution >= 0.6 is 0 Å². The first-order chi connectivity index (χ1) is 13.9. The highest BCUT2D eigenvalue weighted by atomic mass is 16.4. The summed E-state index contributed by atoms with van der Waals surface area (Å²) in [5.74, 6) is 0. The van der Waals surface area contributed by atoms with E-state index in [-0.39, 0.29) is 16.6 Å². The van der Waals surface area contributed by atoms with E-state index in [0.29, 0.717) is 11.4 Å². The van der Waals surface area contributed by atoms with E-state index >= 15 is 0 Å². The van der Waals surface area contributed by atoms with Crippen LogP contribution in [0.25, 0.3) is 0 Å². The molecule has 0 aliphatic carbocycles. The predicted octanol–water partition coefficient (Wildman–Crippen LogP) is 2.89. The molecule has 0 aliphatic rings. The van der Waals surface area contributed by atoms with Crippen molar-refractivity contribution in [2.45, 2.75) is 91.8 Å². The maximum absolute atomic E-state index is 9.07. The summed E-state index contributed by atoms with van der Waals surface area (Å²) >= 11 is 0. The zero-order valence-electron chi connectivity index (χ0n) is 20.9. The fraction of sp³-hybridized carbons (Fsp3) is 0.909. The number of nitrogens with one attached hydrogen (secondary N) is 3. The highest BCUT2D eigenvalue weighted by molar-refractivity contribution is 5.90. The van der Waals surface area contributed by atoms with Crippen LogP contribution in [-0.4, -0.2) is 82.6 Å². The van der Waals surface area contributed by atoms with Gasteiger partial charge in [-0.25, -0.2) is 0 Å². The van der Waals surface area contributed by atoms with Crippen molar-refractivity contribution in [3.05, 3.63) is 0 Å². The van der Waals surface area contributed by atoms with Gasteiger partial charge in [-0.05, 0) is 61.3 Å². The Labute approximate surface area is 184 Å². The minimum absolute atomic E-state index is 0.176. The topological polar surface area (TPSA) is 105 Å². The van der Waals surface area contributed by atoms with Crippen molar-refractivity contribution in [3.63, 3.8) is 0 Å². The maximum atomic E-state index is 9.07. The van der Waals surface area contributed by atoms with Gasteiger partial charge in [-0.15, -0.1) is 0 Å². The average molecular weight is 429 g/mol. The summed E-state index contributed by atoms with van der Waals surface area (Å²) in [5, 5.41) is 35.5. The molecule has 8 heteroatoms. The van der Waals surface area contributed by atoms with Crippen molar-refractivity contribution in [2.24, 2.45) is 10.3 Å². The zero-order chi connectivity index (χ0) is 23.4. The second kappa shape index (κ2) is 13.2. The third-order valence-electron chi connectivity index (χ3n) is 6.64. The van der Waals surface area contributed by atoms with Gasteiger partial charge in [0.1, 0.15) is 0 Å². The molecule has 0 aliphatic heterocycles. The first-order valence-electron chi connectivity index (χ1n) is 11.2. The summed E-state index contributed by atoms with van der Waals surface area (Å²) in [6, 6.07) is 0. The van der Waals surface area contributed by atoms with Crippen molar-refractivity contribution < 1.29 is 10.4 Å². The Morgan fingerprint density at radius 3 is 1.33 bits per heavy atom. The summed E-state index contributed by atoms with van der Waals surface area (Å²) < 4.78 is 0.